The van der Waals surface area contributed by atoms with Crippen LogP contribution in [0.5, 0.6) is 5.75 Å². The molecular formula is C23H35ClN4O7S. The number of halogens is 1. The normalized spacial score (nSPS) is 24.1. The van der Waals surface area contributed by atoms with Gasteiger partial charge in [0.15, 0.2) is 0 Å². The smallest absolute Gasteiger partial charge is 0.329 e. The van der Waals surface area contributed by atoms with Gasteiger partial charge in [0.2, 0.25) is 0 Å². The van der Waals surface area contributed by atoms with E-state index in [9.17, 15) is 18.0 Å². The summed E-state index contributed by atoms with van der Waals surface area (Å²) in [5.74, 6) is 0.704. The SMILES string of the molecule is COc1ccc(Cl)cc1C(=O)NCCC1CCN(S(=O)(=O)NC(=O)NC[C@H]2C[C@@H]3CC[C@@H]2O3)CC1.O. The second-order valence-electron chi connectivity index (χ2n) is 9.42. The Balaban J connectivity index is 0.00000361. The van der Waals surface area contributed by atoms with Gasteiger partial charge in [-0.3, -0.25) is 4.79 Å². The third kappa shape index (κ3) is 7.00. The number of hydrogen-bond donors (Lipinski definition) is 3. The molecule has 0 aliphatic carbocycles. The number of amides is 3. The number of methoxy groups -OCH3 is 1. The molecule has 3 aliphatic heterocycles. The predicted molar refractivity (Wildman–Crippen MR) is 134 cm³/mol. The van der Waals surface area contributed by atoms with E-state index < -0.39 is 16.2 Å². The fourth-order valence-electron chi connectivity index (χ4n) is 5.18. The maximum absolute atomic E-state index is 12.6. The average molecular weight is 547 g/mol. The Morgan fingerprint density at radius 3 is 2.56 bits per heavy atom. The van der Waals surface area contributed by atoms with Gasteiger partial charge >= 0.3 is 16.2 Å². The number of nitrogens with zero attached hydrogens (tertiary/aromatic N) is 1. The summed E-state index contributed by atoms with van der Waals surface area (Å²) < 4.78 is 39.7. The van der Waals surface area contributed by atoms with Gasteiger partial charge in [-0.2, -0.15) is 12.7 Å². The van der Waals surface area contributed by atoms with Gasteiger partial charge in [-0.05, 0) is 62.6 Å². The van der Waals surface area contributed by atoms with E-state index in [1.807, 2.05) is 0 Å². The van der Waals surface area contributed by atoms with Gasteiger partial charge in [-0.25, -0.2) is 9.52 Å². The highest BCUT2D eigenvalue weighted by Gasteiger charge is 2.40. The van der Waals surface area contributed by atoms with Gasteiger partial charge in [0, 0.05) is 37.1 Å². The monoisotopic (exact) mass is 546 g/mol. The first-order valence-corrected chi connectivity index (χ1v) is 13.9. The summed E-state index contributed by atoms with van der Waals surface area (Å²) in [6.07, 6.45) is 5.48. The van der Waals surface area contributed by atoms with Gasteiger partial charge in [-0.15, -0.1) is 0 Å². The lowest BCUT2D eigenvalue weighted by Crippen LogP contribution is -2.50. The van der Waals surface area contributed by atoms with Crippen molar-refractivity contribution in [2.24, 2.45) is 11.8 Å². The van der Waals surface area contributed by atoms with Gasteiger partial charge < -0.3 is 25.6 Å². The first kappa shape index (κ1) is 28.5. The molecule has 0 aromatic heterocycles. The first-order valence-electron chi connectivity index (χ1n) is 12.1. The maximum Gasteiger partial charge on any atom is 0.329 e. The highest BCUT2D eigenvalue weighted by atomic mass is 35.5. The molecule has 3 fully saturated rings. The number of nitrogens with one attached hydrogen (secondary N) is 3. The molecule has 0 saturated carbocycles. The fraction of sp³-hybridized carbons (Fsp3) is 0.652. The Morgan fingerprint density at radius 1 is 1.17 bits per heavy atom. The standard InChI is InChI=1S/C23H33ClN4O6S.H2O/c1-33-21-4-2-17(24)13-19(21)22(29)25-9-6-15-7-10-28(11-8-15)35(31,32)27-23(30)26-14-16-12-18-3-5-20(16)34-18;/h2,4,13,15-16,18,20H,3,5-12,14H2,1H3,(H,25,29)(H2,26,27,30);1H2/t16-,18+,20+;/m1./s1. The van der Waals surface area contributed by atoms with Gasteiger partial charge in [0.1, 0.15) is 5.75 Å². The number of benzene rings is 1. The van der Waals surface area contributed by atoms with Crippen molar-refractivity contribution in [2.75, 3.05) is 33.3 Å². The van der Waals surface area contributed by atoms with Crippen LogP contribution in [0.1, 0.15) is 48.9 Å². The van der Waals surface area contributed by atoms with Gasteiger partial charge in [0.05, 0.1) is 24.9 Å². The minimum atomic E-state index is -3.90. The van der Waals surface area contributed by atoms with Crippen LogP contribution in [-0.2, 0) is 14.9 Å². The number of ether oxygens (including phenoxy) is 2. The lowest BCUT2D eigenvalue weighted by molar-refractivity contribution is 0.0927. The second-order valence-corrected chi connectivity index (χ2v) is 11.5. The van der Waals surface area contributed by atoms with Crippen LogP contribution in [0.15, 0.2) is 18.2 Å². The summed E-state index contributed by atoms with van der Waals surface area (Å²) in [5, 5.41) is 6.01. The molecule has 0 unspecified atom stereocenters. The molecule has 4 rings (SSSR count). The van der Waals surface area contributed by atoms with Crippen molar-refractivity contribution < 1.29 is 33.0 Å². The van der Waals surface area contributed by atoms with Crippen molar-refractivity contribution in [3.8, 4) is 5.75 Å². The molecule has 36 heavy (non-hydrogen) atoms. The number of carbonyl (C=O) groups excluding carboxylic acids is 2. The van der Waals surface area contributed by atoms with E-state index in [1.54, 1.807) is 18.2 Å². The highest BCUT2D eigenvalue weighted by Crippen LogP contribution is 2.38. The van der Waals surface area contributed by atoms with Crippen molar-refractivity contribution in [1.29, 1.82) is 0 Å². The van der Waals surface area contributed by atoms with E-state index in [0.29, 0.717) is 55.4 Å². The summed E-state index contributed by atoms with van der Waals surface area (Å²) in [5.41, 5.74) is 0.373. The van der Waals surface area contributed by atoms with E-state index >= 15 is 0 Å². The summed E-state index contributed by atoms with van der Waals surface area (Å²) >= 11 is 5.99. The van der Waals surface area contributed by atoms with Crippen LogP contribution in [0.2, 0.25) is 5.02 Å². The van der Waals surface area contributed by atoms with Crippen LogP contribution >= 0.6 is 11.6 Å². The van der Waals surface area contributed by atoms with Crippen LogP contribution in [0.25, 0.3) is 0 Å². The summed E-state index contributed by atoms with van der Waals surface area (Å²) in [7, 11) is -2.41. The third-order valence-corrected chi connectivity index (χ3v) is 8.86. The van der Waals surface area contributed by atoms with E-state index in [1.165, 1.54) is 11.4 Å². The molecule has 5 N–H and O–H groups in total. The molecule has 0 spiro atoms. The van der Waals surface area contributed by atoms with Crippen molar-refractivity contribution in [3.63, 3.8) is 0 Å². The zero-order valence-electron chi connectivity index (χ0n) is 20.3. The molecule has 3 saturated heterocycles. The lowest BCUT2D eigenvalue weighted by Gasteiger charge is -2.31. The molecular weight excluding hydrogens is 512 g/mol. The van der Waals surface area contributed by atoms with Crippen LogP contribution in [0.4, 0.5) is 4.79 Å². The Morgan fingerprint density at radius 2 is 1.92 bits per heavy atom. The van der Waals surface area contributed by atoms with Crippen LogP contribution in [-0.4, -0.2) is 75.6 Å². The molecule has 3 atom stereocenters. The lowest BCUT2D eigenvalue weighted by atomic mass is 9.89. The Bertz CT molecular complexity index is 1030. The zero-order valence-corrected chi connectivity index (χ0v) is 21.9. The minimum Gasteiger partial charge on any atom is -0.496 e. The van der Waals surface area contributed by atoms with Crippen LogP contribution in [0, 0.1) is 11.8 Å². The summed E-state index contributed by atoms with van der Waals surface area (Å²) in [4.78, 5) is 24.7. The fourth-order valence-corrected chi connectivity index (χ4v) is 6.48. The average Bonchev–Trinajstić information content (AvgIpc) is 3.46. The number of piperidine rings is 1. The predicted octanol–water partition coefficient (Wildman–Crippen LogP) is 1.47. The van der Waals surface area contributed by atoms with Crippen molar-refractivity contribution in [3.05, 3.63) is 28.8 Å². The second kappa shape index (κ2) is 12.4. The van der Waals surface area contributed by atoms with Crippen LogP contribution < -0.4 is 20.1 Å². The number of fused-ring (bicyclic) bond motifs is 2. The molecule has 3 aliphatic rings. The molecule has 3 amide bonds. The maximum atomic E-state index is 12.6. The molecule has 2 bridgehead atoms. The Labute approximate surface area is 216 Å². The number of urea groups is 1. The largest absolute Gasteiger partial charge is 0.496 e. The molecule has 0 radical (unpaired) electrons. The van der Waals surface area contributed by atoms with Crippen molar-refractivity contribution >= 4 is 33.7 Å². The quantitative estimate of drug-likeness (QED) is 0.425. The molecule has 3 heterocycles. The number of carbonyl (C=O) groups is 2. The molecule has 13 heteroatoms. The Hall–Kier alpha value is -2.12. The van der Waals surface area contributed by atoms with Gasteiger partial charge in [0.25, 0.3) is 5.91 Å². The van der Waals surface area contributed by atoms with E-state index in [4.69, 9.17) is 21.1 Å². The molecule has 1 aromatic carbocycles. The van der Waals surface area contributed by atoms with E-state index in [0.717, 1.165) is 25.7 Å². The van der Waals surface area contributed by atoms with Gasteiger partial charge in [-0.1, -0.05) is 11.6 Å². The summed E-state index contributed by atoms with van der Waals surface area (Å²) in [6, 6.07) is 4.17. The number of rotatable bonds is 9. The zero-order chi connectivity index (χ0) is 25.0. The van der Waals surface area contributed by atoms with Crippen LogP contribution in [0.3, 0.4) is 0 Å². The van der Waals surface area contributed by atoms with E-state index in [-0.39, 0.29) is 35.4 Å². The first-order chi connectivity index (χ1) is 16.7. The summed E-state index contributed by atoms with van der Waals surface area (Å²) in [6.45, 7) is 1.52. The third-order valence-electron chi connectivity index (χ3n) is 7.14. The Kier molecular flexibility index (Phi) is 9.81. The molecule has 202 valence electrons. The number of hydrogen-bond acceptors (Lipinski definition) is 6. The molecule has 1 aromatic rings. The van der Waals surface area contributed by atoms with Crippen molar-refractivity contribution in [2.45, 2.75) is 50.7 Å². The minimum absolute atomic E-state index is 0. The highest BCUT2D eigenvalue weighted by molar-refractivity contribution is 7.87. The topological polar surface area (TPSA) is 158 Å². The van der Waals surface area contributed by atoms with Crippen molar-refractivity contribution in [1.82, 2.24) is 19.7 Å². The van der Waals surface area contributed by atoms with E-state index in [2.05, 4.69) is 15.4 Å². The molecule has 11 nitrogen and oxygen atoms in total.